The Balaban J connectivity index is 1.15. The number of carbonyl (C=O) groups is 3. The number of carbonyl (C=O) groups excluding carboxylic acids is 2. The third-order valence-corrected chi connectivity index (χ3v) is 7.03. The van der Waals surface area contributed by atoms with Crippen LogP contribution in [0.5, 0.6) is 0 Å². The fraction of sp³-hybridized carbons (Fsp3) is 0.226. The number of hydrogen-bond donors (Lipinski definition) is 3. The molecule has 2 amide bonds. The minimum absolute atomic E-state index is 0.0286. The maximum Gasteiger partial charge on any atom is 0.407 e. The van der Waals surface area contributed by atoms with Gasteiger partial charge < -0.3 is 25.0 Å². The van der Waals surface area contributed by atoms with Gasteiger partial charge in [0.15, 0.2) is 0 Å². The number of nitrogens with one attached hydrogen (secondary N) is 2. The van der Waals surface area contributed by atoms with Crippen molar-refractivity contribution in [2.24, 2.45) is 0 Å². The maximum atomic E-state index is 12.9. The van der Waals surface area contributed by atoms with E-state index in [1.165, 1.54) is 0 Å². The van der Waals surface area contributed by atoms with Crippen molar-refractivity contribution in [1.82, 2.24) is 20.7 Å². The largest absolute Gasteiger partial charge is 0.480 e. The highest BCUT2D eigenvalue weighted by Crippen LogP contribution is 2.44. The van der Waals surface area contributed by atoms with Crippen molar-refractivity contribution in [1.29, 1.82) is 0 Å². The lowest BCUT2D eigenvalue weighted by Gasteiger charge is -2.22. The number of rotatable bonds is 11. The van der Waals surface area contributed by atoms with Crippen molar-refractivity contribution in [3.63, 3.8) is 0 Å². The van der Waals surface area contributed by atoms with E-state index in [9.17, 15) is 19.5 Å². The van der Waals surface area contributed by atoms with Gasteiger partial charge in [0.25, 0.3) is 5.91 Å². The van der Waals surface area contributed by atoms with Crippen molar-refractivity contribution in [2.45, 2.75) is 25.0 Å². The van der Waals surface area contributed by atoms with Gasteiger partial charge >= 0.3 is 12.1 Å². The molecule has 10 heteroatoms. The highest BCUT2D eigenvalue weighted by molar-refractivity contribution is 5.97. The number of carboxylic acid groups (broad SMARTS) is 1. The Morgan fingerprint density at radius 1 is 0.976 bits per heavy atom. The van der Waals surface area contributed by atoms with Crippen molar-refractivity contribution in [3.05, 3.63) is 113 Å². The number of carboxylic acids is 1. The molecule has 0 spiro atoms. The Morgan fingerprint density at radius 2 is 1.61 bits per heavy atom. The second kappa shape index (κ2) is 12.5. The number of aliphatic carboxylic acids is 1. The first-order valence-corrected chi connectivity index (χ1v) is 13.2. The Morgan fingerprint density at radius 3 is 2.27 bits per heavy atom. The van der Waals surface area contributed by atoms with E-state index in [1.807, 2.05) is 71.6 Å². The van der Waals surface area contributed by atoms with Crippen LogP contribution in [0.3, 0.4) is 0 Å². The Bertz CT molecular complexity index is 1490. The molecule has 1 atom stereocenters. The van der Waals surface area contributed by atoms with E-state index in [2.05, 4.69) is 27.9 Å². The third-order valence-electron chi connectivity index (χ3n) is 7.03. The molecule has 41 heavy (non-hydrogen) atoms. The lowest BCUT2D eigenvalue weighted by atomic mass is 9.98. The van der Waals surface area contributed by atoms with Crippen molar-refractivity contribution in [3.8, 4) is 11.1 Å². The molecule has 1 aliphatic rings. The summed E-state index contributed by atoms with van der Waals surface area (Å²) in [5.74, 6) is -1.93. The molecule has 1 aliphatic carbocycles. The normalized spacial score (nSPS) is 12.8. The highest BCUT2D eigenvalue weighted by atomic mass is 16.5. The van der Waals surface area contributed by atoms with Crippen LogP contribution in [0.2, 0.25) is 0 Å². The van der Waals surface area contributed by atoms with Crippen LogP contribution in [-0.2, 0) is 22.6 Å². The fourth-order valence-corrected chi connectivity index (χ4v) is 5.07. The second-order valence-corrected chi connectivity index (χ2v) is 9.90. The summed E-state index contributed by atoms with van der Waals surface area (Å²) in [5.41, 5.74) is 5.64. The summed E-state index contributed by atoms with van der Waals surface area (Å²) in [4.78, 5) is 39.2. The molecule has 0 bridgehead atoms. The molecule has 1 unspecified atom stereocenters. The number of fused-ring (bicyclic) bond motifs is 3. The molecule has 0 saturated heterocycles. The molecular formula is C31H30N4O6. The lowest BCUT2D eigenvalue weighted by molar-refractivity contribution is -0.139. The van der Waals surface area contributed by atoms with Gasteiger partial charge in [0.05, 0.1) is 6.54 Å². The average Bonchev–Trinajstić information content (AvgIpc) is 3.58. The standard InChI is InChI=1S/C31H30N4O6/c1-35(16-20-9-3-2-4-10-20)17-28(30(37)38)33-29(36)26-19-41-34-27(26)15-32-31(39)40-18-25-23-13-7-5-11-21(23)22-12-6-8-14-24(22)25/h2-14,19,25,28H,15-18H2,1H3,(H,32,39)(H,33,36)(H,37,38). The smallest absolute Gasteiger partial charge is 0.407 e. The molecule has 10 nitrogen and oxygen atoms in total. The van der Waals surface area contributed by atoms with Crippen LogP contribution in [0, 0.1) is 0 Å². The van der Waals surface area contributed by atoms with Crippen LogP contribution in [0.15, 0.2) is 89.6 Å². The van der Waals surface area contributed by atoms with Gasteiger partial charge in [-0.1, -0.05) is 84.0 Å². The van der Waals surface area contributed by atoms with Gasteiger partial charge in [0, 0.05) is 19.0 Å². The maximum absolute atomic E-state index is 12.9. The summed E-state index contributed by atoms with van der Waals surface area (Å²) in [6.07, 6.45) is 0.448. The second-order valence-electron chi connectivity index (χ2n) is 9.90. The van der Waals surface area contributed by atoms with E-state index < -0.39 is 24.0 Å². The molecule has 3 aromatic carbocycles. The van der Waals surface area contributed by atoms with Crippen LogP contribution >= 0.6 is 0 Å². The molecule has 3 N–H and O–H groups in total. The summed E-state index contributed by atoms with van der Waals surface area (Å²) in [6, 6.07) is 24.5. The molecule has 4 aromatic rings. The van der Waals surface area contributed by atoms with E-state index in [0.29, 0.717) is 6.54 Å². The van der Waals surface area contributed by atoms with E-state index in [-0.39, 0.29) is 36.9 Å². The quantitative estimate of drug-likeness (QED) is 0.253. The lowest BCUT2D eigenvalue weighted by Crippen LogP contribution is -2.47. The minimum Gasteiger partial charge on any atom is -0.480 e. The zero-order valence-electron chi connectivity index (χ0n) is 22.4. The van der Waals surface area contributed by atoms with Crippen molar-refractivity contribution >= 4 is 18.0 Å². The first kappa shape index (κ1) is 27.6. The van der Waals surface area contributed by atoms with Crippen molar-refractivity contribution in [2.75, 3.05) is 20.2 Å². The number of benzene rings is 3. The third kappa shape index (κ3) is 6.44. The molecule has 5 rings (SSSR count). The highest BCUT2D eigenvalue weighted by Gasteiger charge is 2.29. The van der Waals surface area contributed by atoms with E-state index >= 15 is 0 Å². The van der Waals surface area contributed by atoms with Crippen LogP contribution in [-0.4, -0.2) is 59.4 Å². The summed E-state index contributed by atoms with van der Waals surface area (Å²) < 4.78 is 10.5. The van der Waals surface area contributed by atoms with E-state index in [4.69, 9.17) is 9.26 Å². The summed E-state index contributed by atoms with van der Waals surface area (Å²) >= 11 is 0. The summed E-state index contributed by atoms with van der Waals surface area (Å²) in [7, 11) is 1.78. The van der Waals surface area contributed by atoms with Gasteiger partial charge in [-0.15, -0.1) is 0 Å². The van der Waals surface area contributed by atoms with Crippen LogP contribution in [0.4, 0.5) is 4.79 Å². The Labute approximate surface area is 236 Å². The number of aromatic nitrogens is 1. The number of likely N-dealkylation sites (N-methyl/N-ethyl adjacent to an activating group) is 1. The van der Waals surface area contributed by atoms with Crippen molar-refractivity contribution < 1.29 is 28.8 Å². The zero-order valence-corrected chi connectivity index (χ0v) is 22.4. The number of alkyl carbamates (subject to hydrolysis) is 1. The molecule has 1 aromatic heterocycles. The van der Waals surface area contributed by atoms with Crippen LogP contribution in [0.25, 0.3) is 11.1 Å². The van der Waals surface area contributed by atoms with Gasteiger partial charge in [-0.2, -0.15) is 0 Å². The zero-order chi connectivity index (χ0) is 28.8. The molecule has 0 saturated carbocycles. The molecule has 1 heterocycles. The number of nitrogens with zero attached hydrogens (tertiary/aromatic N) is 2. The predicted octanol–water partition coefficient (Wildman–Crippen LogP) is 4.03. The van der Waals surface area contributed by atoms with E-state index in [0.717, 1.165) is 34.1 Å². The van der Waals surface area contributed by atoms with Crippen LogP contribution < -0.4 is 10.6 Å². The topological polar surface area (TPSA) is 134 Å². The number of hydrogen-bond acceptors (Lipinski definition) is 7. The Hall–Kier alpha value is -4.96. The first-order chi connectivity index (χ1) is 19.9. The van der Waals surface area contributed by atoms with E-state index in [1.54, 1.807) is 7.05 Å². The van der Waals surface area contributed by atoms with Gasteiger partial charge in [-0.05, 0) is 34.9 Å². The first-order valence-electron chi connectivity index (χ1n) is 13.2. The molecule has 0 radical (unpaired) electrons. The number of ether oxygens (including phenoxy) is 1. The minimum atomic E-state index is -1.17. The molecule has 0 aliphatic heterocycles. The van der Waals surface area contributed by atoms with Gasteiger partial charge in [-0.25, -0.2) is 9.59 Å². The Kier molecular flexibility index (Phi) is 8.40. The average molecular weight is 555 g/mol. The van der Waals surface area contributed by atoms with Gasteiger partial charge in [-0.3, -0.25) is 9.69 Å². The number of amides is 2. The molecular weight excluding hydrogens is 524 g/mol. The SMILES string of the molecule is CN(Cc1ccccc1)CC(NC(=O)c1conc1CNC(=O)OCC1c2ccccc2-c2ccccc21)C(=O)O. The molecule has 210 valence electrons. The van der Waals surface area contributed by atoms with Gasteiger partial charge in [0.1, 0.15) is 30.2 Å². The van der Waals surface area contributed by atoms with Gasteiger partial charge in [0.2, 0.25) is 0 Å². The van der Waals surface area contributed by atoms with Crippen LogP contribution in [0.1, 0.15) is 38.7 Å². The molecule has 0 fully saturated rings. The fourth-order valence-electron chi connectivity index (χ4n) is 5.07. The monoisotopic (exact) mass is 554 g/mol. The predicted molar refractivity (Wildman–Crippen MR) is 150 cm³/mol. The summed E-state index contributed by atoms with van der Waals surface area (Å²) in [5, 5.41) is 18.6. The summed E-state index contributed by atoms with van der Waals surface area (Å²) in [6.45, 7) is 0.599.